The summed E-state index contributed by atoms with van der Waals surface area (Å²) < 4.78 is 9.35. The van der Waals surface area contributed by atoms with Gasteiger partial charge >= 0.3 is 11.9 Å². The van der Waals surface area contributed by atoms with Gasteiger partial charge in [0.25, 0.3) is 0 Å². The highest BCUT2D eigenvalue weighted by Crippen LogP contribution is 2.36. The molecule has 8 nitrogen and oxygen atoms in total. The zero-order chi connectivity index (χ0) is 21.0. The van der Waals surface area contributed by atoms with Crippen LogP contribution in [0.15, 0.2) is 47.4 Å². The zero-order valence-corrected chi connectivity index (χ0v) is 16.5. The first-order valence-electron chi connectivity index (χ1n) is 8.59. The Morgan fingerprint density at radius 2 is 1.66 bits per heavy atom. The van der Waals surface area contributed by atoms with Crippen molar-refractivity contribution in [3.05, 3.63) is 53.6 Å². The topological polar surface area (TPSA) is 111 Å². The van der Waals surface area contributed by atoms with Crippen LogP contribution in [0.1, 0.15) is 27.1 Å². The first-order valence-corrected chi connectivity index (χ1v) is 9.47. The lowest BCUT2D eigenvalue weighted by molar-refractivity contribution is -0.120. The van der Waals surface area contributed by atoms with Gasteiger partial charge in [-0.1, -0.05) is 12.1 Å². The van der Waals surface area contributed by atoms with Crippen LogP contribution in [0.2, 0.25) is 0 Å². The number of hydrogen-bond acceptors (Lipinski definition) is 7. The van der Waals surface area contributed by atoms with Gasteiger partial charge in [-0.15, -0.1) is 11.8 Å². The maximum Gasteiger partial charge on any atom is 0.337 e. The van der Waals surface area contributed by atoms with Gasteiger partial charge in [0, 0.05) is 17.0 Å². The Balaban J connectivity index is 1.75. The lowest BCUT2D eigenvalue weighted by atomic mass is 10.1. The molecule has 1 heterocycles. The SMILES string of the molecule is COC(=O)c1cc(NC(=O)CC2Sc3ccccc3NC2=O)cc(C(=O)OC)c1. The van der Waals surface area contributed by atoms with E-state index in [4.69, 9.17) is 0 Å². The largest absolute Gasteiger partial charge is 0.465 e. The summed E-state index contributed by atoms with van der Waals surface area (Å²) in [5.41, 5.74) is 1.11. The van der Waals surface area contributed by atoms with Crippen LogP contribution >= 0.6 is 11.8 Å². The molecule has 29 heavy (non-hydrogen) atoms. The molecular formula is C20H18N2O6S. The molecule has 150 valence electrons. The minimum Gasteiger partial charge on any atom is -0.465 e. The molecule has 0 spiro atoms. The Morgan fingerprint density at radius 1 is 1.03 bits per heavy atom. The van der Waals surface area contributed by atoms with E-state index in [0.29, 0.717) is 5.69 Å². The van der Waals surface area contributed by atoms with E-state index in [9.17, 15) is 19.2 Å². The predicted molar refractivity (Wildman–Crippen MR) is 107 cm³/mol. The molecule has 0 aromatic heterocycles. The minimum absolute atomic E-state index is 0.0825. The average Bonchev–Trinajstić information content (AvgIpc) is 2.72. The highest BCUT2D eigenvalue weighted by molar-refractivity contribution is 8.01. The average molecular weight is 414 g/mol. The fraction of sp³-hybridized carbons (Fsp3) is 0.200. The fourth-order valence-electron chi connectivity index (χ4n) is 2.78. The number of rotatable bonds is 5. The molecule has 0 bridgehead atoms. The van der Waals surface area contributed by atoms with E-state index in [1.165, 1.54) is 44.2 Å². The highest BCUT2D eigenvalue weighted by Gasteiger charge is 2.29. The molecule has 2 aromatic carbocycles. The van der Waals surface area contributed by atoms with Gasteiger partial charge < -0.3 is 20.1 Å². The number of nitrogens with one attached hydrogen (secondary N) is 2. The molecule has 2 N–H and O–H groups in total. The van der Waals surface area contributed by atoms with Crippen molar-refractivity contribution in [2.75, 3.05) is 24.9 Å². The maximum atomic E-state index is 12.5. The Bertz CT molecular complexity index is 956. The molecule has 0 aliphatic carbocycles. The summed E-state index contributed by atoms with van der Waals surface area (Å²) in [6.07, 6.45) is -0.0825. The minimum atomic E-state index is -0.662. The second-order valence-electron chi connectivity index (χ2n) is 6.13. The van der Waals surface area contributed by atoms with Gasteiger partial charge in [-0.2, -0.15) is 0 Å². The predicted octanol–water partition coefficient (Wildman–Crippen LogP) is 2.70. The molecular weight excluding hydrogens is 396 g/mol. The number of carbonyl (C=O) groups is 4. The van der Waals surface area contributed by atoms with Crippen LogP contribution in [-0.2, 0) is 19.1 Å². The third-order valence-corrected chi connectivity index (χ3v) is 5.41. The second kappa shape index (κ2) is 8.78. The quantitative estimate of drug-likeness (QED) is 0.724. The molecule has 2 aromatic rings. The number of fused-ring (bicyclic) bond motifs is 1. The van der Waals surface area contributed by atoms with Crippen molar-refractivity contribution in [2.24, 2.45) is 0 Å². The Hall–Kier alpha value is -3.33. The number of para-hydroxylation sites is 1. The summed E-state index contributed by atoms with van der Waals surface area (Å²) in [5.74, 6) is -2.02. The Morgan fingerprint density at radius 3 is 2.28 bits per heavy atom. The maximum absolute atomic E-state index is 12.5. The van der Waals surface area contributed by atoms with Crippen LogP contribution in [-0.4, -0.2) is 43.2 Å². The lowest BCUT2D eigenvalue weighted by Gasteiger charge is -2.23. The number of hydrogen-bond donors (Lipinski definition) is 2. The summed E-state index contributed by atoms with van der Waals surface area (Å²) in [7, 11) is 2.42. The third-order valence-electron chi connectivity index (χ3n) is 4.14. The third kappa shape index (κ3) is 4.75. The molecule has 0 radical (unpaired) electrons. The Kier molecular flexibility index (Phi) is 6.18. The molecule has 1 aliphatic heterocycles. The van der Waals surface area contributed by atoms with Gasteiger partial charge in [0.1, 0.15) is 0 Å². The fourth-order valence-corrected chi connectivity index (χ4v) is 3.89. The lowest BCUT2D eigenvalue weighted by Crippen LogP contribution is -2.32. The van der Waals surface area contributed by atoms with E-state index < -0.39 is 23.1 Å². The van der Waals surface area contributed by atoms with Gasteiger partial charge in [0.05, 0.1) is 36.3 Å². The van der Waals surface area contributed by atoms with Crippen LogP contribution in [0.4, 0.5) is 11.4 Å². The van der Waals surface area contributed by atoms with Gasteiger partial charge in [0.2, 0.25) is 11.8 Å². The van der Waals surface area contributed by atoms with Crippen molar-refractivity contribution < 1.29 is 28.7 Å². The summed E-state index contributed by atoms with van der Waals surface area (Å²) in [6.45, 7) is 0. The summed E-state index contributed by atoms with van der Waals surface area (Å²) in [5, 5.41) is 4.80. The van der Waals surface area contributed by atoms with Crippen molar-refractivity contribution in [2.45, 2.75) is 16.6 Å². The molecule has 0 saturated carbocycles. The smallest absolute Gasteiger partial charge is 0.337 e. The molecule has 1 atom stereocenters. The van der Waals surface area contributed by atoms with Gasteiger partial charge in [-0.3, -0.25) is 9.59 Å². The van der Waals surface area contributed by atoms with Crippen molar-refractivity contribution in [3.63, 3.8) is 0 Å². The number of anilines is 2. The Labute approximate surface area is 170 Å². The van der Waals surface area contributed by atoms with Gasteiger partial charge in [-0.25, -0.2) is 9.59 Å². The number of amides is 2. The van der Waals surface area contributed by atoms with Crippen molar-refractivity contribution in [1.82, 2.24) is 0 Å². The molecule has 2 amide bonds. The van der Waals surface area contributed by atoms with Crippen LogP contribution in [0.3, 0.4) is 0 Å². The summed E-state index contributed by atoms with van der Waals surface area (Å²) in [6, 6.07) is 11.4. The standard InChI is InChI=1S/C20H18N2O6S/c1-27-19(25)11-7-12(20(26)28-2)9-13(8-11)21-17(23)10-16-18(24)22-14-5-3-4-6-15(14)29-16/h3-9,16H,10H2,1-2H3,(H,21,23)(H,22,24). The molecule has 9 heteroatoms. The summed E-state index contributed by atoms with van der Waals surface area (Å²) in [4.78, 5) is 49.4. The number of thioether (sulfide) groups is 1. The van der Waals surface area contributed by atoms with Crippen molar-refractivity contribution in [3.8, 4) is 0 Å². The van der Waals surface area contributed by atoms with E-state index in [0.717, 1.165) is 4.90 Å². The van der Waals surface area contributed by atoms with Crippen LogP contribution in [0, 0.1) is 0 Å². The zero-order valence-electron chi connectivity index (χ0n) is 15.7. The molecule has 1 aliphatic rings. The van der Waals surface area contributed by atoms with Crippen LogP contribution in [0.5, 0.6) is 0 Å². The van der Waals surface area contributed by atoms with E-state index in [1.807, 2.05) is 18.2 Å². The number of esters is 2. The van der Waals surface area contributed by atoms with Gasteiger partial charge in [-0.05, 0) is 30.3 Å². The number of methoxy groups -OCH3 is 2. The highest BCUT2D eigenvalue weighted by atomic mass is 32.2. The number of carbonyl (C=O) groups excluding carboxylic acids is 4. The molecule has 3 rings (SSSR count). The molecule has 1 unspecified atom stereocenters. The second-order valence-corrected chi connectivity index (χ2v) is 7.37. The first-order chi connectivity index (χ1) is 13.9. The molecule has 0 fully saturated rings. The van der Waals surface area contributed by atoms with E-state index in [1.54, 1.807) is 6.07 Å². The van der Waals surface area contributed by atoms with Crippen molar-refractivity contribution in [1.29, 1.82) is 0 Å². The number of ether oxygens (including phenoxy) is 2. The van der Waals surface area contributed by atoms with E-state index in [-0.39, 0.29) is 29.1 Å². The molecule has 0 saturated heterocycles. The van der Waals surface area contributed by atoms with Crippen LogP contribution in [0.25, 0.3) is 0 Å². The normalized spacial score (nSPS) is 15.0. The van der Waals surface area contributed by atoms with E-state index in [2.05, 4.69) is 20.1 Å². The summed E-state index contributed by atoms with van der Waals surface area (Å²) >= 11 is 1.31. The van der Waals surface area contributed by atoms with E-state index >= 15 is 0 Å². The monoisotopic (exact) mass is 414 g/mol. The van der Waals surface area contributed by atoms with Crippen LogP contribution < -0.4 is 10.6 Å². The van der Waals surface area contributed by atoms with Gasteiger partial charge in [0.15, 0.2) is 0 Å². The van der Waals surface area contributed by atoms with Crippen molar-refractivity contribution >= 4 is 46.9 Å². The number of benzene rings is 2. The first kappa shape index (κ1) is 20.4.